The lowest BCUT2D eigenvalue weighted by Gasteiger charge is -2.17. The second-order valence-corrected chi connectivity index (χ2v) is 6.70. The molecule has 0 aliphatic carbocycles. The van der Waals surface area contributed by atoms with E-state index in [1.165, 1.54) is 36.1 Å². The van der Waals surface area contributed by atoms with Crippen molar-refractivity contribution < 1.29 is 0 Å². The Morgan fingerprint density at radius 3 is 2.88 bits per heavy atom. The highest BCUT2D eigenvalue weighted by Crippen LogP contribution is 2.30. The van der Waals surface area contributed by atoms with Crippen molar-refractivity contribution in [2.24, 2.45) is 0 Å². The number of hydrogen-bond acceptors (Lipinski definition) is 4. The minimum atomic E-state index is 0.786. The lowest BCUT2D eigenvalue weighted by atomic mass is 9.97. The van der Waals surface area contributed by atoms with E-state index in [0.717, 1.165) is 43.7 Å². The largest absolute Gasteiger partial charge is 0.252 e. The minimum Gasteiger partial charge on any atom is -0.252 e. The topological polar surface area (TPSA) is 61.4 Å². The SMILES string of the molecule is CCCCCc1cn(CCc2nnn3c2-c2ccccc2CC3)nn1. The van der Waals surface area contributed by atoms with Crippen LogP contribution in [0.25, 0.3) is 11.3 Å². The molecule has 0 saturated carbocycles. The standard InChI is InChI=1S/C19H24N6/c1-2-3-4-8-16-14-24(22-20-16)12-11-18-19-17-9-6-5-7-15(17)10-13-25(19)23-21-18/h5-7,9,14H,2-4,8,10-13H2,1H3. The van der Waals surface area contributed by atoms with E-state index in [-0.39, 0.29) is 0 Å². The Morgan fingerprint density at radius 2 is 1.96 bits per heavy atom. The molecule has 130 valence electrons. The summed E-state index contributed by atoms with van der Waals surface area (Å²) in [4.78, 5) is 0. The summed E-state index contributed by atoms with van der Waals surface area (Å²) in [7, 11) is 0. The Hall–Kier alpha value is -2.50. The van der Waals surface area contributed by atoms with Crippen molar-refractivity contribution >= 4 is 0 Å². The molecule has 0 radical (unpaired) electrons. The molecule has 0 unspecified atom stereocenters. The van der Waals surface area contributed by atoms with Gasteiger partial charge in [0.25, 0.3) is 0 Å². The number of aromatic nitrogens is 6. The van der Waals surface area contributed by atoms with Gasteiger partial charge in [0, 0.05) is 31.3 Å². The number of fused-ring (bicyclic) bond motifs is 3. The van der Waals surface area contributed by atoms with E-state index >= 15 is 0 Å². The Kier molecular flexibility index (Phi) is 4.59. The molecule has 0 atom stereocenters. The van der Waals surface area contributed by atoms with Gasteiger partial charge in [0.05, 0.1) is 17.1 Å². The number of rotatable bonds is 7. The molecule has 4 rings (SSSR count). The first-order valence-electron chi connectivity index (χ1n) is 9.25. The molecule has 0 amide bonds. The Morgan fingerprint density at radius 1 is 1.04 bits per heavy atom. The Balaban J connectivity index is 1.46. The lowest BCUT2D eigenvalue weighted by molar-refractivity contribution is 0.580. The van der Waals surface area contributed by atoms with Crippen LogP contribution in [0.2, 0.25) is 0 Å². The fourth-order valence-electron chi connectivity index (χ4n) is 3.50. The molecular weight excluding hydrogens is 312 g/mol. The van der Waals surface area contributed by atoms with E-state index in [1.807, 2.05) is 9.36 Å². The van der Waals surface area contributed by atoms with E-state index in [0.29, 0.717) is 0 Å². The van der Waals surface area contributed by atoms with Gasteiger partial charge in [0.1, 0.15) is 0 Å². The molecule has 1 aliphatic rings. The fraction of sp³-hybridized carbons (Fsp3) is 0.474. The van der Waals surface area contributed by atoms with Gasteiger partial charge in [-0.15, -0.1) is 10.2 Å². The van der Waals surface area contributed by atoms with Crippen LogP contribution < -0.4 is 0 Å². The number of nitrogens with zero attached hydrogens (tertiary/aromatic N) is 6. The molecule has 0 saturated heterocycles. The molecule has 1 aromatic carbocycles. The third-order valence-electron chi connectivity index (χ3n) is 4.87. The highest BCUT2D eigenvalue weighted by Gasteiger charge is 2.21. The highest BCUT2D eigenvalue weighted by atomic mass is 15.4. The smallest absolute Gasteiger partial charge is 0.0925 e. The first kappa shape index (κ1) is 16.0. The van der Waals surface area contributed by atoms with Crippen LogP contribution in [0.5, 0.6) is 0 Å². The number of aryl methyl sites for hydroxylation is 5. The first-order chi connectivity index (χ1) is 12.3. The van der Waals surface area contributed by atoms with Gasteiger partial charge in [0.2, 0.25) is 0 Å². The van der Waals surface area contributed by atoms with Crippen molar-refractivity contribution in [2.75, 3.05) is 0 Å². The van der Waals surface area contributed by atoms with Crippen molar-refractivity contribution in [1.29, 1.82) is 0 Å². The Labute approximate surface area is 147 Å². The summed E-state index contributed by atoms with van der Waals surface area (Å²) in [6.45, 7) is 3.91. The summed E-state index contributed by atoms with van der Waals surface area (Å²) < 4.78 is 3.97. The van der Waals surface area contributed by atoms with Crippen LogP contribution in [0.1, 0.15) is 43.1 Å². The van der Waals surface area contributed by atoms with Gasteiger partial charge >= 0.3 is 0 Å². The second kappa shape index (κ2) is 7.17. The van der Waals surface area contributed by atoms with Gasteiger partial charge in [-0.05, 0) is 24.8 Å². The lowest BCUT2D eigenvalue weighted by Crippen LogP contribution is -2.13. The van der Waals surface area contributed by atoms with Crippen LogP contribution in [0.3, 0.4) is 0 Å². The van der Waals surface area contributed by atoms with Crippen LogP contribution in [-0.2, 0) is 32.4 Å². The zero-order chi connectivity index (χ0) is 17.1. The maximum Gasteiger partial charge on any atom is 0.0925 e. The molecule has 6 heteroatoms. The monoisotopic (exact) mass is 336 g/mol. The van der Waals surface area contributed by atoms with E-state index in [9.17, 15) is 0 Å². The maximum absolute atomic E-state index is 4.43. The van der Waals surface area contributed by atoms with Gasteiger partial charge in [-0.25, -0.2) is 4.68 Å². The summed E-state index contributed by atoms with van der Waals surface area (Å²) >= 11 is 0. The van der Waals surface area contributed by atoms with Crippen molar-refractivity contribution in [3.8, 4) is 11.3 Å². The summed E-state index contributed by atoms with van der Waals surface area (Å²) in [5.74, 6) is 0. The first-order valence-corrected chi connectivity index (χ1v) is 9.25. The number of hydrogen-bond donors (Lipinski definition) is 0. The molecular formula is C19H24N6. The van der Waals surface area contributed by atoms with Crippen LogP contribution >= 0.6 is 0 Å². The summed E-state index contributed by atoms with van der Waals surface area (Å²) in [6, 6.07) is 8.57. The third-order valence-corrected chi connectivity index (χ3v) is 4.87. The number of benzene rings is 1. The van der Waals surface area contributed by atoms with Gasteiger partial charge in [-0.2, -0.15) is 0 Å². The van der Waals surface area contributed by atoms with E-state index in [1.54, 1.807) is 0 Å². The number of unbranched alkanes of at least 4 members (excludes halogenated alkanes) is 2. The third kappa shape index (κ3) is 3.34. The molecule has 1 aliphatic heterocycles. The van der Waals surface area contributed by atoms with Gasteiger partial charge < -0.3 is 0 Å². The normalized spacial score (nSPS) is 12.8. The van der Waals surface area contributed by atoms with Crippen molar-refractivity contribution in [1.82, 2.24) is 30.0 Å². The zero-order valence-electron chi connectivity index (χ0n) is 14.7. The molecule has 25 heavy (non-hydrogen) atoms. The quantitative estimate of drug-likeness (QED) is 0.622. The van der Waals surface area contributed by atoms with Crippen molar-refractivity contribution in [2.45, 2.75) is 58.5 Å². The van der Waals surface area contributed by atoms with Crippen LogP contribution in [0.15, 0.2) is 30.5 Å². The minimum absolute atomic E-state index is 0.786. The van der Waals surface area contributed by atoms with Crippen LogP contribution in [0.4, 0.5) is 0 Å². The van der Waals surface area contributed by atoms with E-state index in [2.05, 4.69) is 58.0 Å². The van der Waals surface area contributed by atoms with Gasteiger partial charge in [-0.3, -0.25) is 4.68 Å². The average molecular weight is 336 g/mol. The van der Waals surface area contributed by atoms with Crippen molar-refractivity contribution in [3.05, 3.63) is 47.4 Å². The zero-order valence-corrected chi connectivity index (χ0v) is 14.7. The molecule has 3 aromatic rings. The average Bonchev–Trinajstić information content (AvgIpc) is 3.27. The summed E-state index contributed by atoms with van der Waals surface area (Å²) in [5, 5.41) is 17.3. The molecule has 0 bridgehead atoms. The van der Waals surface area contributed by atoms with E-state index in [4.69, 9.17) is 0 Å². The fourth-order valence-corrected chi connectivity index (χ4v) is 3.50. The molecule has 0 N–H and O–H groups in total. The predicted octanol–water partition coefficient (Wildman–Crippen LogP) is 3.07. The maximum atomic E-state index is 4.43. The molecule has 0 fully saturated rings. The molecule has 0 spiro atoms. The Bertz CT molecular complexity index is 847. The van der Waals surface area contributed by atoms with Gasteiger partial charge in [-0.1, -0.05) is 54.5 Å². The van der Waals surface area contributed by atoms with Crippen molar-refractivity contribution in [3.63, 3.8) is 0 Å². The predicted molar refractivity (Wildman–Crippen MR) is 96.1 cm³/mol. The van der Waals surface area contributed by atoms with Crippen LogP contribution in [0, 0.1) is 0 Å². The summed E-state index contributed by atoms with van der Waals surface area (Å²) in [5.41, 5.74) is 5.97. The molecule has 2 aromatic heterocycles. The second-order valence-electron chi connectivity index (χ2n) is 6.70. The summed E-state index contributed by atoms with van der Waals surface area (Å²) in [6.07, 6.45) is 8.59. The highest BCUT2D eigenvalue weighted by molar-refractivity contribution is 5.67. The van der Waals surface area contributed by atoms with E-state index < -0.39 is 0 Å². The molecule has 6 nitrogen and oxygen atoms in total. The van der Waals surface area contributed by atoms with Crippen LogP contribution in [-0.4, -0.2) is 30.0 Å². The molecule has 3 heterocycles. The van der Waals surface area contributed by atoms with Gasteiger partial charge in [0.15, 0.2) is 0 Å².